The molecule has 0 bridgehead atoms. The van der Waals surface area contributed by atoms with Crippen molar-refractivity contribution in [3.8, 4) is 0 Å². The molecule has 164 valence electrons. The lowest BCUT2D eigenvalue weighted by molar-refractivity contribution is -0.134. The van der Waals surface area contributed by atoms with Gasteiger partial charge in [0, 0.05) is 52.4 Å². The van der Waals surface area contributed by atoms with E-state index >= 15 is 0 Å². The molecule has 2 aromatic rings. The van der Waals surface area contributed by atoms with Gasteiger partial charge in [0.05, 0.1) is 32.3 Å². The topological polar surface area (TPSA) is 92.0 Å². The van der Waals surface area contributed by atoms with Gasteiger partial charge >= 0.3 is 0 Å². The van der Waals surface area contributed by atoms with Crippen LogP contribution in [0.5, 0.6) is 0 Å². The third-order valence-electron chi connectivity index (χ3n) is 6.32. The van der Waals surface area contributed by atoms with Gasteiger partial charge in [-0.15, -0.1) is 0 Å². The first kappa shape index (κ1) is 20.1. The third-order valence-corrected chi connectivity index (χ3v) is 6.32. The highest BCUT2D eigenvalue weighted by Crippen LogP contribution is 2.28. The fourth-order valence-electron chi connectivity index (χ4n) is 4.65. The summed E-state index contributed by atoms with van der Waals surface area (Å²) in [5.41, 5.74) is 1.62. The maximum atomic E-state index is 9.81. The number of anilines is 1. The lowest BCUT2D eigenvalue weighted by Crippen LogP contribution is -2.50. The molecule has 30 heavy (non-hydrogen) atoms. The van der Waals surface area contributed by atoms with Crippen LogP contribution < -0.4 is 4.90 Å². The SMILES string of the molecule is OC[C@@H]1CN(CCN2CCOCC2)C[C@H](n2cnc3c(N4CCCC4)ncnc32)O1. The molecule has 1 N–H and O–H groups in total. The molecule has 10 nitrogen and oxygen atoms in total. The molecule has 0 unspecified atom stereocenters. The lowest BCUT2D eigenvalue weighted by Gasteiger charge is -2.39. The molecule has 3 aliphatic rings. The molecule has 0 amide bonds. The van der Waals surface area contributed by atoms with Crippen LogP contribution in [0.1, 0.15) is 19.1 Å². The predicted octanol–water partition coefficient (Wildman–Crippen LogP) is -0.0496. The second kappa shape index (κ2) is 9.11. The average Bonchev–Trinajstić information content (AvgIpc) is 3.48. The smallest absolute Gasteiger partial charge is 0.167 e. The van der Waals surface area contributed by atoms with Gasteiger partial charge in [-0.1, -0.05) is 0 Å². The maximum Gasteiger partial charge on any atom is 0.167 e. The van der Waals surface area contributed by atoms with Gasteiger partial charge in [-0.2, -0.15) is 0 Å². The summed E-state index contributed by atoms with van der Waals surface area (Å²) in [6, 6.07) is 0. The van der Waals surface area contributed by atoms with Crippen LogP contribution in [0.3, 0.4) is 0 Å². The Hall–Kier alpha value is -1.85. The van der Waals surface area contributed by atoms with Crippen LogP contribution in [0.4, 0.5) is 5.82 Å². The number of hydrogen-bond acceptors (Lipinski definition) is 9. The number of aliphatic hydroxyl groups excluding tert-OH is 1. The minimum atomic E-state index is -0.230. The summed E-state index contributed by atoms with van der Waals surface area (Å²) in [7, 11) is 0. The number of aliphatic hydroxyl groups is 1. The van der Waals surface area contributed by atoms with E-state index in [-0.39, 0.29) is 18.9 Å². The zero-order chi connectivity index (χ0) is 20.3. The van der Waals surface area contributed by atoms with Crippen LogP contribution >= 0.6 is 0 Å². The Morgan fingerprint density at radius 2 is 1.77 bits per heavy atom. The van der Waals surface area contributed by atoms with E-state index < -0.39 is 0 Å². The number of ether oxygens (including phenoxy) is 2. The van der Waals surface area contributed by atoms with E-state index in [9.17, 15) is 5.11 Å². The van der Waals surface area contributed by atoms with Crippen LogP contribution in [0.2, 0.25) is 0 Å². The summed E-state index contributed by atoms with van der Waals surface area (Å²) in [4.78, 5) is 20.8. The van der Waals surface area contributed by atoms with Crippen molar-refractivity contribution in [3.63, 3.8) is 0 Å². The standard InChI is InChI=1S/C20H31N7O3/c28-13-16-11-25(6-5-24-7-9-29-10-8-24)12-17(30-16)27-15-23-18-19(21-14-22-20(18)27)26-3-1-2-4-26/h14-17,28H,1-13H2/t16-,17+/m0/s1. The van der Waals surface area contributed by atoms with Crippen molar-refractivity contribution in [2.24, 2.45) is 0 Å². The molecular formula is C20H31N7O3. The van der Waals surface area contributed by atoms with E-state index in [1.54, 1.807) is 6.33 Å². The zero-order valence-electron chi connectivity index (χ0n) is 17.4. The highest BCUT2D eigenvalue weighted by Gasteiger charge is 2.31. The van der Waals surface area contributed by atoms with Crippen molar-refractivity contribution in [1.29, 1.82) is 0 Å². The van der Waals surface area contributed by atoms with E-state index in [2.05, 4.69) is 29.7 Å². The summed E-state index contributed by atoms with van der Waals surface area (Å²) >= 11 is 0. The Kier molecular flexibility index (Phi) is 6.09. The van der Waals surface area contributed by atoms with Gasteiger partial charge in [-0.3, -0.25) is 14.4 Å². The Morgan fingerprint density at radius 3 is 2.57 bits per heavy atom. The lowest BCUT2D eigenvalue weighted by atomic mass is 10.2. The van der Waals surface area contributed by atoms with Gasteiger partial charge in [0.25, 0.3) is 0 Å². The van der Waals surface area contributed by atoms with E-state index in [4.69, 9.17) is 9.47 Å². The molecule has 3 saturated heterocycles. The molecule has 5 rings (SSSR count). The molecule has 0 aliphatic carbocycles. The molecule has 0 radical (unpaired) electrons. The quantitative estimate of drug-likeness (QED) is 0.694. The molecular weight excluding hydrogens is 386 g/mol. The highest BCUT2D eigenvalue weighted by atomic mass is 16.5. The van der Waals surface area contributed by atoms with Crippen LogP contribution in [-0.4, -0.2) is 113 Å². The van der Waals surface area contributed by atoms with E-state index in [1.807, 2.05) is 10.9 Å². The normalized spacial score (nSPS) is 26.6. The first-order valence-electron chi connectivity index (χ1n) is 11.0. The molecule has 10 heteroatoms. The van der Waals surface area contributed by atoms with E-state index in [0.29, 0.717) is 0 Å². The first-order valence-corrected chi connectivity index (χ1v) is 11.0. The summed E-state index contributed by atoms with van der Waals surface area (Å²) in [6.45, 7) is 9.05. The van der Waals surface area contributed by atoms with Crippen LogP contribution in [-0.2, 0) is 9.47 Å². The summed E-state index contributed by atoms with van der Waals surface area (Å²) in [6.07, 6.45) is 5.36. The van der Waals surface area contributed by atoms with E-state index in [0.717, 1.165) is 82.6 Å². The minimum Gasteiger partial charge on any atom is -0.394 e. The fourth-order valence-corrected chi connectivity index (χ4v) is 4.65. The van der Waals surface area contributed by atoms with Gasteiger partial charge < -0.3 is 19.5 Å². The third kappa shape index (κ3) is 4.15. The largest absolute Gasteiger partial charge is 0.394 e. The monoisotopic (exact) mass is 417 g/mol. The minimum absolute atomic E-state index is 0.00515. The van der Waals surface area contributed by atoms with Crippen LogP contribution in [0.15, 0.2) is 12.7 Å². The first-order chi connectivity index (χ1) is 14.8. The van der Waals surface area contributed by atoms with Gasteiger partial charge in [-0.05, 0) is 12.8 Å². The number of fused-ring (bicyclic) bond motifs is 1. The Bertz CT molecular complexity index is 835. The molecule has 3 aliphatic heterocycles. The second-order valence-corrected chi connectivity index (χ2v) is 8.32. The molecule has 2 atom stereocenters. The highest BCUT2D eigenvalue weighted by molar-refractivity contribution is 5.83. The summed E-state index contributed by atoms with van der Waals surface area (Å²) in [5.74, 6) is 0.912. The fraction of sp³-hybridized carbons (Fsp3) is 0.750. The molecule has 5 heterocycles. The van der Waals surface area contributed by atoms with Crippen LogP contribution in [0, 0.1) is 0 Å². The number of rotatable bonds is 6. The van der Waals surface area contributed by atoms with Gasteiger partial charge in [0.1, 0.15) is 12.6 Å². The number of morpholine rings is 2. The average molecular weight is 418 g/mol. The van der Waals surface area contributed by atoms with Crippen LogP contribution in [0.25, 0.3) is 11.2 Å². The molecule has 3 fully saturated rings. The number of aromatic nitrogens is 4. The van der Waals surface area contributed by atoms with Crippen molar-refractivity contribution < 1.29 is 14.6 Å². The molecule has 0 spiro atoms. The maximum absolute atomic E-state index is 9.81. The van der Waals surface area contributed by atoms with Crippen molar-refractivity contribution in [3.05, 3.63) is 12.7 Å². The second-order valence-electron chi connectivity index (χ2n) is 8.32. The van der Waals surface area contributed by atoms with Gasteiger partial charge in [0.2, 0.25) is 0 Å². The Morgan fingerprint density at radius 1 is 0.967 bits per heavy atom. The van der Waals surface area contributed by atoms with Crippen molar-refractivity contribution >= 4 is 17.0 Å². The Balaban J connectivity index is 1.33. The van der Waals surface area contributed by atoms with Crippen molar-refractivity contribution in [2.75, 3.05) is 77.1 Å². The number of hydrogen-bond donors (Lipinski definition) is 1. The van der Waals surface area contributed by atoms with Gasteiger partial charge in [-0.25, -0.2) is 15.0 Å². The number of imidazole rings is 1. The van der Waals surface area contributed by atoms with Crippen molar-refractivity contribution in [2.45, 2.75) is 25.2 Å². The molecule has 0 saturated carbocycles. The van der Waals surface area contributed by atoms with Crippen molar-refractivity contribution in [1.82, 2.24) is 29.3 Å². The molecule has 2 aromatic heterocycles. The zero-order valence-corrected chi connectivity index (χ0v) is 17.4. The predicted molar refractivity (Wildman–Crippen MR) is 111 cm³/mol. The number of nitrogens with zero attached hydrogens (tertiary/aromatic N) is 7. The summed E-state index contributed by atoms with van der Waals surface area (Å²) < 4.78 is 13.6. The van der Waals surface area contributed by atoms with E-state index in [1.165, 1.54) is 12.8 Å². The molecule has 0 aromatic carbocycles. The Labute approximate surface area is 176 Å². The van der Waals surface area contributed by atoms with Gasteiger partial charge in [0.15, 0.2) is 17.0 Å². The summed E-state index contributed by atoms with van der Waals surface area (Å²) in [5, 5.41) is 9.81.